The molecule has 0 aliphatic heterocycles. The summed E-state index contributed by atoms with van der Waals surface area (Å²) in [4.78, 5) is 32.1. The van der Waals surface area contributed by atoms with Gasteiger partial charge in [-0.3, -0.25) is 14.6 Å². The fourth-order valence-electron chi connectivity index (χ4n) is 2.66. The lowest BCUT2D eigenvalue weighted by Gasteiger charge is -2.27. The molecule has 2 aromatic heterocycles. The Kier molecular flexibility index (Phi) is 6.37. The molecule has 3 aromatic rings. The Bertz CT molecular complexity index is 1090. The molecule has 1 aromatic carbocycles. The number of amides is 2. The zero-order valence-electron chi connectivity index (χ0n) is 16.1. The molecule has 2 heterocycles. The smallest absolute Gasteiger partial charge is 0.374 e. The summed E-state index contributed by atoms with van der Waals surface area (Å²) < 4.78 is 40.7. The van der Waals surface area contributed by atoms with Crippen LogP contribution < -0.4 is 10.6 Å². The highest BCUT2D eigenvalue weighted by atomic mass is 32.1. The highest BCUT2D eigenvalue weighted by Crippen LogP contribution is 2.43. The van der Waals surface area contributed by atoms with Crippen LogP contribution in [0.5, 0.6) is 0 Å². The molecule has 2 amide bonds. The van der Waals surface area contributed by atoms with Crippen molar-refractivity contribution in [2.45, 2.75) is 25.1 Å². The number of nitrogens with zero attached hydrogens (tertiary/aromatic N) is 2. The summed E-state index contributed by atoms with van der Waals surface area (Å²) in [5, 5.41) is 16.0. The quantitative estimate of drug-likeness (QED) is 0.529. The number of rotatable bonds is 6. The molecule has 0 saturated carbocycles. The van der Waals surface area contributed by atoms with E-state index in [0.29, 0.717) is 28.3 Å². The van der Waals surface area contributed by atoms with Crippen molar-refractivity contribution in [1.82, 2.24) is 9.97 Å². The van der Waals surface area contributed by atoms with E-state index in [4.69, 9.17) is 0 Å². The maximum absolute atomic E-state index is 13.6. The Morgan fingerprint density at radius 2 is 1.74 bits per heavy atom. The molecule has 31 heavy (non-hydrogen) atoms. The Balaban J connectivity index is 1.73. The van der Waals surface area contributed by atoms with Gasteiger partial charge in [0.2, 0.25) is 11.5 Å². The lowest BCUT2D eigenvalue weighted by Crippen LogP contribution is -2.45. The first-order valence-electron chi connectivity index (χ1n) is 8.91. The number of anilines is 2. The Hall–Kier alpha value is -3.31. The SMILES string of the molecule is Cc1csc(C(O)(CC(=O)Nc2cccc(NC(=O)c3ccncc3)c2)C(F)(F)F)n1. The number of benzene rings is 1. The number of hydrogen-bond donors (Lipinski definition) is 3. The van der Waals surface area contributed by atoms with Crippen molar-refractivity contribution in [3.63, 3.8) is 0 Å². The molecule has 7 nitrogen and oxygen atoms in total. The van der Waals surface area contributed by atoms with Crippen LogP contribution in [-0.2, 0) is 10.4 Å². The minimum absolute atomic E-state index is 0.150. The van der Waals surface area contributed by atoms with Gasteiger partial charge in [0.15, 0.2) is 0 Å². The van der Waals surface area contributed by atoms with Crippen LogP contribution in [0.3, 0.4) is 0 Å². The van der Waals surface area contributed by atoms with Crippen molar-refractivity contribution in [1.29, 1.82) is 0 Å². The highest BCUT2D eigenvalue weighted by molar-refractivity contribution is 7.09. The van der Waals surface area contributed by atoms with E-state index in [-0.39, 0.29) is 5.69 Å². The molecule has 0 fully saturated rings. The van der Waals surface area contributed by atoms with E-state index < -0.39 is 35.0 Å². The molecular weight excluding hydrogens is 433 g/mol. The zero-order valence-corrected chi connectivity index (χ0v) is 16.9. The van der Waals surface area contributed by atoms with Crippen LogP contribution >= 0.6 is 11.3 Å². The predicted molar refractivity (Wildman–Crippen MR) is 109 cm³/mol. The summed E-state index contributed by atoms with van der Waals surface area (Å²) in [6.07, 6.45) is -3.46. The third kappa shape index (κ3) is 5.25. The number of aromatic nitrogens is 2. The largest absolute Gasteiger partial charge is 0.424 e. The van der Waals surface area contributed by atoms with Gasteiger partial charge in [0.25, 0.3) is 5.91 Å². The molecule has 0 spiro atoms. The van der Waals surface area contributed by atoms with Crippen molar-refractivity contribution in [2.75, 3.05) is 10.6 Å². The summed E-state index contributed by atoms with van der Waals surface area (Å²) in [6, 6.07) is 8.92. The minimum atomic E-state index is -5.10. The number of nitrogens with one attached hydrogen (secondary N) is 2. The predicted octanol–water partition coefficient (Wildman–Crippen LogP) is 3.88. The second-order valence-corrected chi connectivity index (χ2v) is 7.51. The van der Waals surface area contributed by atoms with Crippen LogP contribution in [0.15, 0.2) is 54.2 Å². The maximum atomic E-state index is 13.6. The molecule has 0 aliphatic carbocycles. The number of carbonyl (C=O) groups is 2. The fraction of sp³-hybridized carbons (Fsp3) is 0.200. The van der Waals surface area contributed by atoms with Gasteiger partial charge in [0.05, 0.1) is 6.42 Å². The van der Waals surface area contributed by atoms with Crippen LogP contribution in [0.25, 0.3) is 0 Å². The number of hydrogen-bond acceptors (Lipinski definition) is 6. The van der Waals surface area contributed by atoms with E-state index in [1.54, 1.807) is 6.07 Å². The first-order valence-corrected chi connectivity index (χ1v) is 9.79. The van der Waals surface area contributed by atoms with Crippen molar-refractivity contribution in [3.8, 4) is 0 Å². The molecule has 162 valence electrons. The maximum Gasteiger partial charge on any atom is 0.424 e. The van der Waals surface area contributed by atoms with Crippen LogP contribution in [0.4, 0.5) is 24.5 Å². The van der Waals surface area contributed by atoms with Crippen LogP contribution in [-0.4, -0.2) is 33.1 Å². The van der Waals surface area contributed by atoms with Gasteiger partial charge in [-0.25, -0.2) is 4.98 Å². The summed E-state index contributed by atoms with van der Waals surface area (Å²) in [5.41, 5.74) is -2.28. The fourth-order valence-corrected chi connectivity index (χ4v) is 3.57. The molecule has 1 atom stereocenters. The second-order valence-electron chi connectivity index (χ2n) is 6.65. The molecule has 0 aliphatic rings. The average Bonchev–Trinajstić information content (AvgIpc) is 3.15. The molecule has 1 unspecified atom stereocenters. The number of aryl methyl sites for hydroxylation is 1. The van der Waals surface area contributed by atoms with E-state index in [0.717, 1.165) is 0 Å². The number of aliphatic hydroxyl groups is 1. The Labute approximate surface area is 179 Å². The van der Waals surface area contributed by atoms with E-state index in [2.05, 4.69) is 20.6 Å². The first kappa shape index (κ1) is 22.4. The van der Waals surface area contributed by atoms with Gasteiger partial charge in [-0.1, -0.05) is 6.07 Å². The van der Waals surface area contributed by atoms with Crippen molar-refractivity contribution in [3.05, 3.63) is 70.4 Å². The summed E-state index contributed by atoms with van der Waals surface area (Å²) >= 11 is 0.626. The molecule has 0 bridgehead atoms. The van der Waals surface area contributed by atoms with E-state index in [1.807, 2.05) is 0 Å². The van der Waals surface area contributed by atoms with Crippen molar-refractivity contribution >= 4 is 34.5 Å². The highest BCUT2D eigenvalue weighted by Gasteiger charge is 2.58. The molecule has 3 rings (SSSR count). The second kappa shape index (κ2) is 8.82. The van der Waals surface area contributed by atoms with Crippen LogP contribution in [0.2, 0.25) is 0 Å². The number of carbonyl (C=O) groups excluding carboxylic acids is 2. The van der Waals surface area contributed by atoms with Crippen molar-refractivity contribution in [2.24, 2.45) is 0 Å². The number of alkyl halides is 3. The summed E-state index contributed by atoms with van der Waals surface area (Å²) in [5.74, 6) is -1.48. The number of thiazole rings is 1. The van der Waals surface area contributed by atoms with Crippen LogP contribution in [0.1, 0.15) is 27.5 Å². The topological polar surface area (TPSA) is 104 Å². The van der Waals surface area contributed by atoms with E-state index in [1.165, 1.54) is 55.0 Å². The lowest BCUT2D eigenvalue weighted by molar-refractivity contribution is -0.266. The minimum Gasteiger partial charge on any atom is -0.374 e. The Morgan fingerprint density at radius 3 is 2.32 bits per heavy atom. The molecule has 0 saturated heterocycles. The van der Waals surface area contributed by atoms with E-state index >= 15 is 0 Å². The van der Waals surface area contributed by atoms with Gasteiger partial charge in [-0.2, -0.15) is 13.2 Å². The number of halogens is 3. The van der Waals surface area contributed by atoms with Gasteiger partial charge in [0, 0.05) is 40.4 Å². The third-order valence-corrected chi connectivity index (χ3v) is 5.32. The van der Waals surface area contributed by atoms with Gasteiger partial charge in [-0.05, 0) is 37.3 Å². The van der Waals surface area contributed by atoms with Gasteiger partial charge in [0.1, 0.15) is 5.01 Å². The number of pyridine rings is 1. The standard InChI is InChI=1S/C20H17F3N4O3S/c1-12-11-31-18(25-12)19(30,20(21,22)23)10-16(28)26-14-3-2-4-15(9-14)27-17(29)13-5-7-24-8-6-13/h2-9,11,30H,10H2,1H3,(H,26,28)(H,27,29). The third-order valence-electron chi connectivity index (χ3n) is 4.20. The van der Waals surface area contributed by atoms with E-state index in [9.17, 15) is 27.9 Å². The average molecular weight is 450 g/mol. The summed E-state index contributed by atoms with van der Waals surface area (Å²) in [7, 11) is 0. The zero-order chi connectivity index (χ0) is 22.6. The summed E-state index contributed by atoms with van der Waals surface area (Å²) in [6.45, 7) is 1.49. The van der Waals surface area contributed by atoms with Gasteiger partial charge >= 0.3 is 6.18 Å². The van der Waals surface area contributed by atoms with Crippen molar-refractivity contribution < 1.29 is 27.9 Å². The monoisotopic (exact) mass is 450 g/mol. The normalized spacial score (nSPS) is 13.3. The Morgan fingerprint density at radius 1 is 1.10 bits per heavy atom. The molecule has 0 radical (unpaired) electrons. The van der Waals surface area contributed by atoms with Crippen LogP contribution in [0, 0.1) is 6.92 Å². The molecule has 3 N–H and O–H groups in total. The van der Waals surface area contributed by atoms with Gasteiger partial charge < -0.3 is 15.7 Å². The molecular formula is C20H17F3N4O3S. The molecule has 11 heteroatoms. The lowest BCUT2D eigenvalue weighted by atomic mass is 9.99. The van der Waals surface area contributed by atoms with Gasteiger partial charge in [-0.15, -0.1) is 11.3 Å². The first-order chi connectivity index (χ1) is 14.6.